The first kappa shape index (κ1) is 16.6. The van der Waals surface area contributed by atoms with Gasteiger partial charge in [0, 0.05) is 0 Å². The van der Waals surface area contributed by atoms with Crippen LogP contribution in [0.3, 0.4) is 0 Å². The van der Waals surface area contributed by atoms with Crippen LogP contribution in [0, 0.1) is 0 Å². The van der Waals surface area contributed by atoms with E-state index in [9.17, 15) is 4.79 Å². The normalized spacial score (nSPS) is 10.3. The van der Waals surface area contributed by atoms with E-state index in [1.165, 1.54) is 11.3 Å². The van der Waals surface area contributed by atoms with Crippen LogP contribution in [0.1, 0.15) is 13.3 Å². The molecule has 1 N–H and O–H groups in total. The molecule has 0 radical (unpaired) electrons. The summed E-state index contributed by atoms with van der Waals surface area (Å²) < 4.78 is 11.4. The number of hydrogen-bond acceptors (Lipinski definition) is 7. The van der Waals surface area contributed by atoms with E-state index < -0.39 is 0 Å². The van der Waals surface area contributed by atoms with Crippen LogP contribution < -0.4 is 14.8 Å². The molecule has 2 rings (SSSR count). The molecule has 0 unspecified atom stereocenters. The number of aromatic nitrogens is 2. The fourth-order valence-corrected chi connectivity index (χ4v) is 3.22. The van der Waals surface area contributed by atoms with E-state index in [0.717, 1.165) is 15.8 Å². The van der Waals surface area contributed by atoms with Gasteiger partial charge in [0.1, 0.15) is 11.5 Å². The van der Waals surface area contributed by atoms with Crippen LogP contribution >= 0.6 is 23.1 Å². The minimum absolute atomic E-state index is 0.141. The lowest BCUT2D eigenvalue weighted by Gasteiger charge is -2.06. The molecule has 0 spiro atoms. The van der Waals surface area contributed by atoms with Gasteiger partial charge in [-0.3, -0.25) is 4.79 Å². The van der Waals surface area contributed by atoms with Crippen LogP contribution in [-0.4, -0.2) is 35.6 Å². The summed E-state index contributed by atoms with van der Waals surface area (Å²) >= 11 is 2.97. The molecule has 22 heavy (non-hydrogen) atoms. The molecule has 118 valence electrons. The van der Waals surface area contributed by atoms with E-state index in [1.54, 1.807) is 31.0 Å². The number of methoxy groups -OCH3 is 1. The van der Waals surface area contributed by atoms with Gasteiger partial charge in [-0.15, -0.1) is 10.2 Å². The highest BCUT2D eigenvalue weighted by atomic mass is 32.2. The molecule has 0 atom stereocenters. The van der Waals surface area contributed by atoms with Gasteiger partial charge in [0.15, 0.2) is 4.34 Å². The number of ether oxygens (including phenoxy) is 2. The van der Waals surface area contributed by atoms with Gasteiger partial charge in [0.05, 0.1) is 20.1 Å². The number of nitrogens with one attached hydrogen (secondary N) is 1. The van der Waals surface area contributed by atoms with Crippen molar-refractivity contribution in [2.24, 2.45) is 0 Å². The Kier molecular flexibility index (Phi) is 6.47. The third-order valence-corrected chi connectivity index (χ3v) is 4.43. The first-order valence-electron chi connectivity index (χ1n) is 6.74. The molecule has 8 heteroatoms. The highest BCUT2D eigenvalue weighted by Gasteiger charge is 2.08. The monoisotopic (exact) mass is 339 g/mol. The molecular formula is C14H17N3O3S2. The van der Waals surface area contributed by atoms with Gasteiger partial charge in [-0.05, 0) is 30.0 Å². The molecule has 0 fully saturated rings. The second kappa shape index (κ2) is 8.60. The minimum atomic E-state index is -0.141. The first-order valence-corrected chi connectivity index (χ1v) is 8.54. The smallest absolute Gasteiger partial charge is 0.229 e. The molecule has 1 amide bonds. The second-order valence-electron chi connectivity index (χ2n) is 4.13. The topological polar surface area (TPSA) is 73.3 Å². The van der Waals surface area contributed by atoms with Crippen molar-refractivity contribution >= 4 is 34.1 Å². The Hall–Kier alpha value is -1.80. The lowest BCUT2D eigenvalue weighted by molar-refractivity contribution is -0.116. The average Bonchev–Trinajstić information content (AvgIpc) is 2.95. The van der Waals surface area contributed by atoms with E-state index in [1.807, 2.05) is 19.1 Å². The highest BCUT2D eigenvalue weighted by Crippen LogP contribution is 2.25. The Morgan fingerprint density at radius 2 is 2.00 bits per heavy atom. The van der Waals surface area contributed by atoms with E-state index in [2.05, 4.69) is 15.5 Å². The summed E-state index contributed by atoms with van der Waals surface area (Å²) in [5.74, 6) is 2.25. The van der Waals surface area contributed by atoms with Crippen LogP contribution in [0.15, 0.2) is 28.6 Å². The van der Waals surface area contributed by atoms with Gasteiger partial charge in [0.25, 0.3) is 0 Å². The van der Waals surface area contributed by atoms with Gasteiger partial charge >= 0.3 is 0 Å². The zero-order valence-electron chi connectivity index (χ0n) is 12.4. The quantitative estimate of drug-likeness (QED) is 0.588. The number of hydrogen-bond donors (Lipinski definition) is 1. The SMILES string of the molecule is CCSc1nnc(NC(=O)CCOc2ccc(OC)cc2)s1. The Morgan fingerprint density at radius 3 is 2.68 bits per heavy atom. The van der Waals surface area contributed by atoms with Crippen molar-refractivity contribution < 1.29 is 14.3 Å². The summed E-state index contributed by atoms with van der Waals surface area (Å²) in [6.07, 6.45) is 0.252. The Morgan fingerprint density at radius 1 is 1.27 bits per heavy atom. The molecule has 1 aromatic heterocycles. The lowest BCUT2D eigenvalue weighted by atomic mass is 10.3. The third kappa shape index (κ3) is 5.19. The standard InChI is InChI=1S/C14H17N3O3S2/c1-3-21-14-17-16-13(22-14)15-12(18)8-9-20-11-6-4-10(19-2)5-7-11/h4-7H,3,8-9H2,1-2H3,(H,15,16,18). The summed E-state index contributed by atoms with van der Waals surface area (Å²) in [4.78, 5) is 11.8. The molecule has 0 aliphatic carbocycles. The fourth-order valence-electron chi connectivity index (χ4n) is 1.56. The molecule has 2 aromatic rings. The van der Waals surface area contributed by atoms with Gasteiger partial charge in [0.2, 0.25) is 11.0 Å². The van der Waals surface area contributed by atoms with Crippen molar-refractivity contribution in [1.82, 2.24) is 10.2 Å². The van der Waals surface area contributed by atoms with Crippen LogP contribution in [0.5, 0.6) is 11.5 Å². The maximum atomic E-state index is 11.8. The molecule has 0 bridgehead atoms. The van der Waals surface area contributed by atoms with Crippen LogP contribution in [-0.2, 0) is 4.79 Å². The van der Waals surface area contributed by atoms with E-state index in [4.69, 9.17) is 9.47 Å². The molecule has 0 saturated heterocycles. The number of carbonyl (C=O) groups excluding carboxylic acids is 1. The number of anilines is 1. The summed E-state index contributed by atoms with van der Waals surface area (Å²) in [5.41, 5.74) is 0. The fraction of sp³-hybridized carbons (Fsp3) is 0.357. The van der Waals surface area contributed by atoms with Crippen LogP contribution in [0.4, 0.5) is 5.13 Å². The number of nitrogens with zero attached hydrogens (tertiary/aromatic N) is 2. The highest BCUT2D eigenvalue weighted by molar-refractivity contribution is 8.01. The number of benzene rings is 1. The number of rotatable bonds is 8. The molecule has 6 nitrogen and oxygen atoms in total. The van der Waals surface area contributed by atoms with Crippen molar-refractivity contribution in [2.45, 2.75) is 17.7 Å². The lowest BCUT2D eigenvalue weighted by Crippen LogP contribution is -2.15. The molecule has 1 aromatic carbocycles. The van der Waals surface area contributed by atoms with Gasteiger partial charge in [-0.25, -0.2) is 0 Å². The van der Waals surface area contributed by atoms with Crippen LogP contribution in [0.25, 0.3) is 0 Å². The van der Waals surface area contributed by atoms with Crippen molar-refractivity contribution in [1.29, 1.82) is 0 Å². The van der Waals surface area contributed by atoms with Gasteiger partial charge in [-0.2, -0.15) is 0 Å². The zero-order chi connectivity index (χ0) is 15.8. The summed E-state index contributed by atoms with van der Waals surface area (Å²) in [5, 5.41) is 11.1. The molecular weight excluding hydrogens is 322 g/mol. The van der Waals surface area contributed by atoms with Crippen molar-refractivity contribution in [2.75, 3.05) is 24.8 Å². The van der Waals surface area contributed by atoms with E-state index in [0.29, 0.717) is 17.5 Å². The third-order valence-electron chi connectivity index (χ3n) is 2.58. The maximum absolute atomic E-state index is 11.8. The molecule has 0 aliphatic heterocycles. The summed E-state index contributed by atoms with van der Waals surface area (Å²) in [7, 11) is 1.61. The Labute approximate surface area is 137 Å². The maximum Gasteiger partial charge on any atom is 0.229 e. The van der Waals surface area contributed by atoms with Crippen molar-refractivity contribution in [3.8, 4) is 11.5 Å². The van der Waals surface area contributed by atoms with Crippen molar-refractivity contribution in [3.63, 3.8) is 0 Å². The Bertz CT molecular complexity index is 602. The largest absolute Gasteiger partial charge is 0.497 e. The molecule has 1 heterocycles. The zero-order valence-corrected chi connectivity index (χ0v) is 14.0. The average molecular weight is 339 g/mol. The molecule has 0 saturated carbocycles. The summed E-state index contributed by atoms with van der Waals surface area (Å²) in [6, 6.07) is 7.22. The van der Waals surface area contributed by atoms with Gasteiger partial charge < -0.3 is 14.8 Å². The number of amides is 1. The van der Waals surface area contributed by atoms with Crippen molar-refractivity contribution in [3.05, 3.63) is 24.3 Å². The number of carbonyl (C=O) groups is 1. The first-order chi connectivity index (χ1) is 10.7. The molecule has 0 aliphatic rings. The van der Waals surface area contributed by atoms with Gasteiger partial charge in [-0.1, -0.05) is 30.0 Å². The van der Waals surface area contributed by atoms with E-state index >= 15 is 0 Å². The minimum Gasteiger partial charge on any atom is -0.497 e. The van der Waals surface area contributed by atoms with Crippen LogP contribution in [0.2, 0.25) is 0 Å². The Balaban J connectivity index is 1.72. The second-order valence-corrected chi connectivity index (χ2v) is 6.62. The number of thioether (sulfide) groups is 1. The predicted molar refractivity (Wildman–Crippen MR) is 88.0 cm³/mol. The summed E-state index contributed by atoms with van der Waals surface area (Å²) in [6.45, 7) is 2.34. The predicted octanol–water partition coefficient (Wildman–Crippen LogP) is 3.07. The van der Waals surface area contributed by atoms with E-state index in [-0.39, 0.29) is 12.3 Å².